The van der Waals surface area contributed by atoms with Crippen LogP contribution in [-0.4, -0.2) is 31.3 Å². The van der Waals surface area contributed by atoms with Gasteiger partial charge in [-0.15, -0.1) is 0 Å². The topological polar surface area (TPSA) is 56.8 Å². The molecule has 1 amide bonds. The molecule has 2 aromatic rings. The second-order valence-corrected chi connectivity index (χ2v) is 7.11. The Morgan fingerprint density at radius 1 is 1.15 bits per heavy atom. The minimum Gasteiger partial charge on any atom is -0.490 e. The summed E-state index contributed by atoms with van der Waals surface area (Å²) in [6, 6.07) is 13.0. The molecule has 0 fully saturated rings. The van der Waals surface area contributed by atoms with Gasteiger partial charge in [0.15, 0.2) is 18.1 Å². The Hall–Kier alpha value is -2.40. The van der Waals surface area contributed by atoms with Gasteiger partial charge in [0.05, 0.1) is 11.6 Å². The molecule has 0 saturated heterocycles. The molecular formula is C20H22ClNO4. The van der Waals surface area contributed by atoms with E-state index in [1.165, 1.54) is 0 Å². The van der Waals surface area contributed by atoms with Gasteiger partial charge in [0.2, 0.25) is 0 Å². The molecule has 1 heterocycles. The fourth-order valence-corrected chi connectivity index (χ4v) is 3.00. The molecule has 26 heavy (non-hydrogen) atoms. The first-order valence-electron chi connectivity index (χ1n) is 8.52. The van der Waals surface area contributed by atoms with E-state index in [1.54, 1.807) is 12.1 Å². The lowest BCUT2D eigenvalue weighted by Crippen LogP contribution is -2.32. The number of hydrogen-bond acceptors (Lipinski definition) is 4. The van der Waals surface area contributed by atoms with Gasteiger partial charge < -0.3 is 19.5 Å². The third-order valence-electron chi connectivity index (χ3n) is 3.93. The number of nitrogens with one attached hydrogen (secondary N) is 1. The Labute approximate surface area is 158 Å². The minimum atomic E-state index is -0.250. The Balaban J connectivity index is 1.43. The number of fused-ring (bicyclic) bond motifs is 1. The van der Waals surface area contributed by atoms with Crippen LogP contribution in [0, 0.1) is 0 Å². The van der Waals surface area contributed by atoms with Gasteiger partial charge in [-0.25, -0.2) is 0 Å². The van der Waals surface area contributed by atoms with Gasteiger partial charge >= 0.3 is 0 Å². The molecule has 0 aliphatic carbocycles. The number of para-hydroxylation sites is 2. The van der Waals surface area contributed by atoms with Crippen molar-refractivity contribution in [3.8, 4) is 17.2 Å². The van der Waals surface area contributed by atoms with E-state index in [9.17, 15) is 4.79 Å². The van der Waals surface area contributed by atoms with E-state index in [-0.39, 0.29) is 18.1 Å². The van der Waals surface area contributed by atoms with Crippen LogP contribution in [0.1, 0.15) is 19.4 Å². The number of carbonyl (C=O) groups excluding carboxylic acids is 1. The number of rotatable bonds is 7. The maximum atomic E-state index is 12.0. The van der Waals surface area contributed by atoms with Crippen molar-refractivity contribution in [2.75, 3.05) is 19.8 Å². The van der Waals surface area contributed by atoms with Gasteiger partial charge in [-0.05, 0) is 32.0 Å². The first-order valence-corrected chi connectivity index (χ1v) is 8.90. The lowest BCUT2D eigenvalue weighted by atomic mass is 10.0. The molecule has 0 unspecified atom stereocenters. The molecule has 1 aliphatic heterocycles. The van der Waals surface area contributed by atoms with Gasteiger partial charge in [-0.2, -0.15) is 0 Å². The normalized spacial score (nSPS) is 14.3. The summed E-state index contributed by atoms with van der Waals surface area (Å²) in [6.45, 7) is 4.68. The van der Waals surface area contributed by atoms with Gasteiger partial charge in [0.25, 0.3) is 5.91 Å². The first kappa shape index (κ1) is 18.4. The molecule has 0 aromatic heterocycles. The number of ether oxygens (including phenoxy) is 3. The molecule has 138 valence electrons. The molecule has 2 aromatic carbocycles. The smallest absolute Gasteiger partial charge is 0.258 e. The van der Waals surface area contributed by atoms with Crippen LogP contribution in [0.3, 0.4) is 0 Å². The summed E-state index contributed by atoms with van der Waals surface area (Å²) < 4.78 is 17.1. The predicted octanol–water partition coefficient (Wildman–Crippen LogP) is 3.63. The van der Waals surface area contributed by atoms with Crippen molar-refractivity contribution in [2.24, 2.45) is 0 Å². The summed E-state index contributed by atoms with van der Waals surface area (Å²) in [7, 11) is 0. The molecule has 1 aliphatic rings. The van der Waals surface area contributed by atoms with E-state index >= 15 is 0 Å². The zero-order valence-electron chi connectivity index (χ0n) is 14.9. The van der Waals surface area contributed by atoms with Crippen molar-refractivity contribution < 1.29 is 19.0 Å². The van der Waals surface area contributed by atoms with E-state index in [1.807, 2.05) is 44.2 Å². The van der Waals surface area contributed by atoms with Crippen molar-refractivity contribution in [3.05, 3.63) is 53.1 Å². The average molecular weight is 376 g/mol. The van der Waals surface area contributed by atoms with E-state index < -0.39 is 0 Å². The third kappa shape index (κ3) is 4.61. The highest BCUT2D eigenvalue weighted by molar-refractivity contribution is 6.32. The second-order valence-electron chi connectivity index (χ2n) is 6.70. The third-order valence-corrected chi connectivity index (χ3v) is 4.24. The van der Waals surface area contributed by atoms with Crippen molar-refractivity contribution in [1.82, 2.24) is 5.32 Å². The summed E-state index contributed by atoms with van der Waals surface area (Å²) in [5.74, 6) is 1.70. The summed E-state index contributed by atoms with van der Waals surface area (Å²) >= 11 is 6.01. The van der Waals surface area contributed by atoms with Crippen LogP contribution in [0.25, 0.3) is 0 Å². The van der Waals surface area contributed by atoms with Crippen molar-refractivity contribution in [2.45, 2.75) is 25.9 Å². The van der Waals surface area contributed by atoms with Crippen molar-refractivity contribution in [1.29, 1.82) is 0 Å². The van der Waals surface area contributed by atoms with Crippen LogP contribution in [0.5, 0.6) is 17.2 Å². The van der Waals surface area contributed by atoms with Gasteiger partial charge in [0.1, 0.15) is 18.0 Å². The minimum absolute atomic E-state index is 0.0770. The summed E-state index contributed by atoms with van der Waals surface area (Å²) in [5.41, 5.74) is 0.848. The summed E-state index contributed by atoms with van der Waals surface area (Å²) in [6.07, 6.45) is 0.825. The van der Waals surface area contributed by atoms with Crippen LogP contribution in [0.15, 0.2) is 42.5 Å². The maximum absolute atomic E-state index is 12.0. The Bertz CT molecular complexity index is 791. The Morgan fingerprint density at radius 3 is 2.73 bits per heavy atom. The summed E-state index contributed by atoms with van der Waals surface area (Å²) in [4.78, 5) is 12.0. The van der Waals surface area contributed by atoms with Crippen LogP contribution >= 0.6 is 11.6 Å². The molecule has 0 saturated carbocycles. The van der Waals surface area contributed by atoms with E-state index in [0.717, 1.165) is 17.7 Å². The van der Waals surface area contributed by atoms with Gasteiger partial charge in [-0.1, -0.05) is 35.9 Å². The van der Waals surface area contributed by atoms with Crippen LogP contribution < -0.4 is 19.5 Å². The van der Waals surface area contributed by atoms with Crippen LogP contribution in [0.4, 0.5) is 0 Å². The number of carbonyl (C=O) groups is 1. The number of halogens is 1. The van der Waals surface area contributed by atoms with Crippen molar-refractivity contribution >= 4 is 17.5 Å². The average Bonchev–Trinajstić information content (AvgIpc) is 2.92. The van der Waals surface area contributed by atoms with E-state index in [2.05, 4.69) is 5.32 Å². The molecule has 0 spiro atoms. The number of hydrogen-bond donors (Lipinski definition) is 1. The quantitative estimate of drug-likeness (QED) is 0.751. The largest absolute Gasteiger partial charge is 0.490 e. The highest BCUT2D eigenvalue weighted by Gasteiger charge is 2.32. The second kappa shape index (κ2) is 7.87. The molecule has 5 nitrogen and oxygen atoms in total. The van der Waals surface area contributed by atoms with Gasteiger partial charge in [-0.3, -0.25) is 4.79 Å². The highest BCUT2D eigenvalue weighted by Crippen LogP contribution is 2.41. The Morgan fingerprint density at radius 2 is 1.92 bits per heavy atom. The first-order chi connectivity index (χ1) is 12.4. The van der Waals surface area contributed by atoms with Crippen LogP contribution in [-0.2, 0) is 11.2 Å². The van der Waals surface area contributed by atoms with Crippen LogP contribution in [0.2, 0.25) is 5.02 Å². The molecule has 1 N–H and O–H groups in total. The molecule has 3 rings (SSSR count). The SMILES string of the molecule is CC1(C)Cc2cccc(OCC(=O)NCCOc3ccccc3Cl)c2O1. The zero-order valence-corrected chi connectivity index (χ0v) is 15.6. The predicted molar refractivity (Wildman–Crippen MR) is 100 cm³/mol. The maximum Gasteiger partial charge on any atom is 0.258 e. The monoisotopic (exact) mass is 375 g/mol. The molecule has 6 heteroatoms. The lowest BCUT2D eigenvalue weighted by Gasteiger charge is -2.18. The Kier molecular flexibility index (Phi) is 5.57. The van der Waals surface area contributed by atoms with Gasteiger partial charge in [0, 0.05) is 12.0 Å². The van der Waals surface area contributed by atoms with E-state index in [4.69, 9.17) is 25.8 Å². The zero-order chi connectivity index (χ0) is 18.6. The lowest BCUT2D eigenvalue weighted by molar-refractivity contribution is -0.123. The molecule has 0 bridgehead atoms. The fraction of sp³-hybridized carbons (Fsp3) is 0.350. The molecule has 0 atom stereocenters. The highest BCUT2D eigenvalue weighted by atomic mass is 35.5. The van der Waals surface area contributed by atoms with E-state index in [0.29, 0.717) is 29.7 Å². The number of amides is 1. The fourth-order valence-electron chi connectivity index (χ4n) is 2.81. The molecular weight excluding hydrogens is 354 g/mol. The van der Waals surface area contributed by atoms with Crippen molar-refractivity contribution in [3.63, 3.8) is 0 Å². The summed E-state index contributed by atoms with van der Waals surface area (Å²) in [5, 5.41) is 3.30. The standard InChI is InChI=1S/C20H22ClNO4/c1-20(2)12-14-6-5-9-17(19(14)26-20)25-13-18(23)22-10-11-24-16-8-4-3-7-15(16)21/h3-9H,10-13H2,1-2H3,(H,22,23). The molecule has 0 radical (unpaired) electrons. The number of benzene rings is 2.